The molecule has 1 aromatic heterocycles. The quantitative estimate of drug-likeness (QED) is 0.908. The van der Waals surface area contributed by atoms with Crippen LogP contribution in [0, 0.1) is 13.8 Å². The molecule has 96 valence electrons. The third kappa shape index (κ3) is 2.85. The molecule has 2 nitrogen and oxygen atoms in total. The van der Waals surface area contributed by atoms with Crippen molar-refractivity contribution in [3.63, 3.8) is 0 Å². The number of benzene rings is 1. The highest BCUT2D eigenvalue weighted by atomic mass is 79.9. The predicted molar refractivity (Wildman–Crippen MR) is 77.8 cm³/mol. The highest BCUT2D eigenvalue weighted by molar-refractivity contribution is 9.10. The summed E-state index contributed by atoms with van der Waals surface area (Å²) in [5, 5.41) is 3.46. The number of furan rings is 1. The Morgan fingerprint density at radius 1 is 1.17 bits per heavy atom. The van der Waals surface area contributed by atoms with E-state index in [4.69, 9.17) is 4.42 Å². The molecule has 0 aliphatic heterocycles. The van der Waals surface area contributed by atoms with E-state index in [0.29, 0.717) is 0 Å². The number of halogens is 1. The Morgan fingerprint density at radius 2 is 1.94 bits per heavy atom. The van der Waals surface area contributed by atoms with Crippen molar-refractivity contribution >= 4 is 15.9 Å². The molecule has 1 atom stereocenters. The summed E-state index contributed by atoms with van der Waals surface area (Å²) in [6.07, 6.45) is 0. The molecular weight excluding hydrogens is 290 g/mol. The van der Waals surface area contributed by atoms with Gasteiger partial charge in [0.2, 0.25) is 0 Å². The fourth-order valence-electron chi connectivity index (χ4n) is 2.01. The highest BCUT2D eigenvalue weighted by Gasteiger charge is 2.17. The molecule has 0 aliphatic carbocycles. The molecule has 2 rings (SSSR count). The maximum atomic E-state index is 5.68. The van der Waals surface area contributed by atoms with E-state index in [-0.39, 0.29) is 6.04 Å². The van der Waals surface area contributed by atoms with Crippen molar-refractivity contribution in [3.05, 3.63) is 57.5 Å². The minimum atomic E-state index is 0.112. The van der Waals surface area contributed by atoms with Crippen LogP contribution < -0.4 is 5.32 Å². The number of hydrogen-bond acceptors (Lipinski definition) is 2. The molecule has 1 heterocycles. The van der Waals surface area contributed by atoms with Gasteiger partial charge in [-0.1, -0.05) is 25.1 Å². The Balaban J connectivity index is 2.37. The fraction of sp³-hybridized carbons (Fsp3) is 0.333. The Labute approximate surface area is 117 Å². The summed E-state index contributed by atoms with van der Waals surface area (Å²) in [7, 11) is 0. The maximum Gasteiger partial charge on any atom is 0.169 e. The first kappa shape index (κ1) is 13.4. The van der Waals surface area contributed by atoms with Gasteiger partial charge in [-0.05, 0) is 65.1 Å². The lowest BCUT2D eigenvalue weighted by Crippen LogP contribution is -2.21. The van der Waals surface area contributed by atoms with E-state index in [1.54, 1.807) is 0 Å². The monoisotopic (exact) mass is 307 g/mol. The molecule has 0 aliphatic rings. The number of nitrogens with one attached hydrogen (secondary N) is 1. The van der Waals surface area contributed by atoms with Crippen LogP contribution in [0.3, 0.4) is 0 Å². The van der Waals surface area contributed by atoms with Crippen molar-refractivity contribution < 1.29 is 4.42 Å². The molecule has 0 saturated heterocycles. The van der Waals surface area contributed by atoms with Crippen LogP contribution in [0.25, 0.3) is 0 Å². The lowest BCUT2D eigenvalue weighted by molar-refractivity contribution is 0.437. The third-order valence-electron chi connectivity index (χ3n) is 3.15. The van der Waals surface area contributed by atoms with Crippen molar-refractivity contribution in [3.8, 4) is 0 Å². The van der Waals surface area contributed by atoms with Crippen LogP contribution >= 0.6 is 15.9 Å². The molecule has 1 unspecified atom stereocenters. The largest absolute Gasteiger partial charge is 0.452 e. The van der Waals surface area contributed by atoms with Gasteiger partial charge in [0.05, 0.1) is 6.04 Å². The Morgan fingerprint density at radius 3 is 2.50 bits per heavy atom. The minimum Gasteiger partial charge on any atom is -0.452 e. The zero-order valence-corrected chi connectivity index (χ0v) is 12.5. The van der Waals surface area contributed by atoms with Gasteiger partial charge in [0.1, 0.15) is 5.76 Å². The summed E-state index contributed by atoms with van der Waals surface area (Å²) in [6, 6.07) is 10.6. The zero-order chi connectivity index (χ0) is 13.1. The lowest BCUT2D eigenvalue weighted by atomic mass is 9.99. The van der Waals surface area contributed by atoms with Gasteiger partial charge in [-0.25, -0.2) is 0 Å². The summed E-state index contributed by atoms with van der Waals surface area (Å²) in [5.41, 5.74) is 3.86. The molecule has 0 fully saturated rings. The van der Waals surface area contributed by atoms with Crippen molar-refractivity contribution in [2.45, 2.75) is 26.8 Å². The molecule has 0 radical (unpaired) electrons. The van der Waals surface area contributed by atoms with Gasteiger partial charge in [0.15, 0.2) is 4.67 Å². The number of aryl methyl sites for hydroxylation is 2. The summed E-state index contributed by atoms with van der Waals surface area (Å²) in [5.74, 6) is 0.937. The molecule has 0 saturated carbocycles. The topological polar surface area (TPSA) is 25.2 Å². The minimum absolute atomic E-state index is 0.112. The van der Waals surface area contributed by atoms with Crippen molar-refractivity contribution in [1.82, 2.24) is 5.32 Å². The van der Waals surface area contributed by atoms with Crippen LogP contribution in [-0.2, 0) is 0 Å². The van der Waals surface area contributed by atoms with Crippen molar-refractivity contribution in [2.24, 2.45) is 0 Å². The lowest BCUT2D eigenvalue weighted by Gasteiger charge is -2.17. The maximum absolute atomic E-state index is 5.68. The zero-order valence-electron chi connectivity index (χ0n) is 11.0. The predicted octanol–water partition coefficient (Wildman–Crippen LogP) is 4.36. The van der Waals surface area contributed by atoms with Gasteiger partial charge in [0, 0.05) is 0 Å². The van der Waals surface area contributed by atoms with E-state index in [0.717, 1.165) is 17.0 Å². The molecule has 3 heteroatoms. The van der Waals surface area contributed by atoms with Crippen LogP contribution in [0.1, 0.15) is 35.4 Å². The summed E-state index contributed by atoms with van der Waals surface area (Å²) in [4.78, 5) is 0. The van der Waals surface area contributed by atoms with Gasteiger partial charge < -0.3 is 9.73 Å². The molecule has 18 heavy (non-hydrogen) atoms. The molecule has 1 aromatic carbocycles. The third-order valence-corrected chi connectivity index (χ3v) is 3.58. The second kappa shape index (κ2) is 5.72. The van der Waals surface area contributed by atoms with E-state index >= 15 is 0 Å². The van der Waals surface area contributed by atoms with Gasteiger partial charge >= 0.3 is 0 Å². The van der Waals surface area contributed by atoms with Gasteiger partial charge in [-0.3, -0.25) is 0 Å². The Bertz CT molecular complexity index is 533. The van der Waals surface area contributed by atoms with Gasteiger partial charge in [-0.15, -0.1) is 0 Å². The van der Waals surface area contributed by atoms with Gasteiger partial charge in [0.25, 0.3) is 0 Å². The average Bonchev–Trinajstić information content (AvgIpc) is 2.76. The Hall–Kier alpha value is -1.06. The van der Waals surface area contributed by atoms with E-state index in [9.17, 15) is 0 Å². The summed E-state index contributed by atoms with van der Waals surface area (Å²) < 4.78 is 6.44. The second-order valence-electron chi connectivity index (χ2n) is 4.48. The normalized spacial score (nSPS) is 12.7. The first-order chi connectivity index (χ1) is 8.61. The van der Waals surface area contributed by atoms with Crippen molar-refractivity contribution in [2.75, 3.05) is 6.54 Å². The second-order valence-corrected chi connectivity index (χ2v) is 5.26. The summed E-state index contributed by atoms with van der Waals surface area (Å²) in [6.45, 7) is 7.27. The highest BCUT2D eigenvalue weighted by Crippen LogP contribution is 2.27. The van der Waals surface area contributed by atoms with Crippen LogP contribution in [0.5, 0.6) is 0 Å². The summed E-state index contributed by atoms with van der Waals surface area (Å²) >= 11 is 3.36. The number of rotatable bonds is 4. The molecule has 0 spiro atoms. The first-order valence-electron chi connectivity index (χ1n) is 6.17. The van der Waals surface area contributed by atoms with Crippen LogP contribution in [0.15, 0.2) is 39.4 Å². The fourth-order valence-corrected chi connectivity index (χ4v) is 2.33. The Kier molecular flexibility index (Phi) is 4.25. The van der Waals surface area contributed by atoms with E-state index in [1.165, 1.54) is 16.7 Å². The van der Waals surface area contributed by atoms with Crippen molar-refractivity contribution in [1.29, 1.82) is 0 Å². The standard InChI is InChI=1S/C15H18BrNO/c1-4-17-15(13-7-8-14(16)18-13)12-6-5-10(2)11(3)9-12/h5-9,15,17H,4H2,1-3H3. The number of hydrogen-bond donors (Lipinski definition) is 1. The SMILES string of the molecule is CCNC(c1ccc(C)c(C)c1)c1ccc(Br)o1. The van der Waals surface area contributed by atoms with Crippen LogP contribution in [0.4, 0.5) is 0 Å². The molecule has 1 N–H and O–H groups in total. The molecule has 0 amide bonds. The van der Waals surface area contributed by atoms with Crippen LogP contribution in [0.2, 0.25) is 0 Å². The first-order valence-corrected chi connectivity index (χ1v) is 6.97. The van der Waals surface area contributed by atoms with Gasteiger partial charge in [-0.2, -0.15) is 0 Å². The molecule has 2 aromatic rings. The van der Waals surface area contributed by atoms with Crippen LogP contribution in [-0.4, -0.2) is 6.54 Å². The molecular formula is C15H18BrNO. The van der Waals surface area contributed by atoms with E-state index < -0.39 is 0 Å². The van der Waals surface area contributed by atoms with E-state index in [2.05, 4.69) is 60.2 Å². The van der Waals surface area contributed by atoms with E-state index in [1.807, 2.05) is 12.1 Å². The smallest absolute Gasteiger partial charge is 0.169 e. The average molecular weight is 308 g/mol. The molecule has 0 bridgehead atoms.